The molecule has 1 unspecified atom stereocenters. The van der Waals surface area contributed by atoms with E-state index in [1.54, 1.807) is 18.2 Å². The zero-order chi connectivity index (χ0) is 13.7. The molecule has 1 aromatic rings. The molecule has 1 saturated heterocycles. The van der Waals surface area contributed by atoms with Crippen molar-refractivity contribution in [1.29, 1.82) is 0 Å². The van der Waals surface area contributed by atoms with E-state index in [2.05, 4.69) is 11.9 Å². The van der Waals surface area contributed by atoms with E-state index in [0.29, 0.717) is 28.5 Å². The molecule has 0 amide bonds. The number of rotatable bonds is 6. The van der Waals surface area contributed by atoms with E-state index in [4.69, 9.17) is 32.7 Å². The molecule has 0 N–H and O–H groups in total. The second-order valence-electron chi connectivity index (χ2n) is 4.82. The third-order valence-corrected chi connectivity index (χ3v) is 3.71. The van der Waals surface area contributed by atoms with Gasteiger partial charge in [0.2, 0.25) is 0 Å². The van der Waals surface area contributed by atoms with E-state index < -0.39 is 0 Å². The lowest BCUT2D eigenvalue weighted by atomic mass is 10.2. The standard InChI is InChI=1S/C14H19Cl2NO2/c1-17(10-12-3-2-7-18-12)6-8-19-14-9-11(15)4-5-13(14)16/h4-5,9,12H,2-3,6-8,10H2,1H3. The van der Waals surface area contributed by atoms with E-state index in [9.17, 15) is 0 Å². The van der Waals surface area contributed by atoms with Crippen molar-refractivity contribution in [3.05, 3.63) is 28.2 Å². The summed E-state index contributed by atoms with van der Waals surface area (Å²) in [5, 5.41) is 1.22. The van der Waals surface area contributed by atoms with Crippen LogP contribution in [0.15, 0.2) is 18.2 Å². The van der Waals surface area contributed by atoms with Gasteiger partial charge in [-0.1, -0.05) is 23.2 Å². The van der Waals surface area contributed by atoms with Crippen LogP contribution in [-0.2, 0) is 4.74 Å². The zero-order valence-corrected chi connectivity index (χ0v) is 12.6. The molecule has 2 rings (SSSR count). The fourth-order valence-corrected chi connectivity index (χ4v) is 2.46. The van der Waals surface area contributed by atoms with Crippen molar-refractivity contribution in [3.8, 4) is 5.75 Å². The molecule has 0 aliphatic carbocycles. The lowest BCUT2D eigenvalue weighted by Crippen LogP contribution is -2.32. The molecule has 19 heavy (non-hydrogen) atoms. The molecule has 0 aromatic heterocycles. The topological polar surface area (TPSA) is 21.7 Å². The molecule has 5 heteroatoms. The van der Waals surface area contributed by atoms with Crippen LogP contribution in [0.3, 0.4) is 0 Å². The van der Waals surface area contributed by atoms with Crippen molar-refractivity contribution in [1.82, 2.24) is 4.90 Å². The predicted octanol–water partition coefficient (Wildman–Crippen LogP) is 3.48. The van der Waals surface area contributed by atoms with Gasteiger partial charge in [0, 0.05) is 30.8 Å². The van der Waals surface area contributed by atoms with Gasteiger partial charge in [0.1, 0.15) is 12.4 Å². The number of likely N-dealkylation sites (N-methyl/N-ethyl adjacent to an activating group) is 1. The number of hydrogen-bond donors (Lipinski definition) is 0. The highest BCUT2D eigenvalue weighted by molar-refractivity contribution is 6.34. The summed E-state index contributed by atoms with van der Waals surface area (Å²) in [5.74, 6) is 0.639. The molecule has 1 heterocycles. The maximum absolute atomic E-state index is 6.03. The first-order valence-electron chi connectivity index (χ1n) is 6.53. The van der Waals surface area contributed by atoms with Crippen LogP contribution in [0.4, 0.5) is 0 Å². The van der Waals surface area contributed by atoms with E-state index >= 15 is 0 Å². The number of benzene rings is 1. The maximum atomic E-state index is 6.03. The second kappa shape index (κ2) is 7.34. The fraction of sp³-hybridized carbons (Fsp3) is 0.571. The van der Waals surface area contributed by atoms with Crippen LogP contribution in [0.25, 0.3) is 0 Å². The molecular weight excluding hydrogens is 285 g/mol. The highest BCUT2D eigenvalue weighted by Crippen LogP contribution is 2.27. The van der Waals surface area contributed by atoms with Crippen molar-refractivity contribution in [3.63, 3.8) is 0 Å². The highest BCUT2D eigenvalue weighted by atomic mass is 35.5. The predicted molar refractivity (Wildman–Crippen MR) is 78.4 cm³/mol. The quantitative estimate of drug-likeness (QED) is 0.803. The Hall–Kier alpha value is -0.480. The van der Waals surface area contributed by atoms with Crippen LogP contribution >= 0.6 is 23.2 Å². The molecule has 106 valence electrons. The van der Waals surface area contributed by atoms with Gasteiger partial charge in [0.05, 0.1) is 11.1 Å². The molecule has 0 saturated carbocycles. The first-order valence-corrected chi connectivity index (χ1v) is 7.29. The van der Waals surface area contributed by atoms with E-state index in [-0.39, 0.29) is 0 Å². The Kier molecular flexibility index (Phi) is 5.76. The molecule has 1 aliphatic heterocycles. The van der Waals surface area contributed by atoms with Crippen molar-refractivity contribution >= 4 is 23.2 Å². The van der Waals surface area contributed by atoms with Crippen molar-refractivity contribution < 1.29 is 9.47 Å². The molecular formula is C14H19Cl2NO2. The summed E-state index contributed by atoms with van der Waals surface area (Å²) in [5.41, 5.74) is 0. The first kappa shape index (κ1) is 14.9. The summed E-state index contributed by atoms with van der Waals surface area (Å²) in [6, 6.07) is 5.24. The van der Waals surface area contributed by atoms with Gasteiger partial charge in [0.25, 0.3) is 0 Å². The highest BCUT2D eigenvalue weighted by Gasteiger charge is 2.17. The van der Waals surface area contributed by atoms with Crippen molar-refractivity contribution in [2.75, 3.05) is 33.4 Å². The van der Waals surface area contributed by atoms with Crippen LogP contribution in [0, 0.1) is 0 Å². The Bertz CT molecular complexity index is 408. The van der Waals surface area contributed by atoms with Crippen LogP contribution in [0.2, 0.25) is 10.0 Å². The molecule has 1 atom stereocenters. The minimum absolute atomic E-state index is 0.375. The summed E-state index contributed by atoms with van der Waals surface area (Å²) in [4.78, 5) is 2.22. The number of halogens is 2. The molecule has 0 spiro atoms. The lowest BCUT2D eigenvalue weighted by molar-refractivity contribution is 0.0771. The van der Waals surface area contributed by atoms with Crippen LogP contribution in [-0.4, -0.2) is 44.4 Å². The van der Waals surface area contributed by atoms with Crippen LogP contribution in [0.5, 0.6) is 5.75 Å². The van der Waals surface area contributed by atoms with Crippen LogP contribution in [0.1, 0.15) is 12.8 Å². The summed E-state index contributed by atoms with van der Waals surface area (Å²) < 4.78 is 11.3. The molecule has 1 aliphatic rings. The van der Waals surface area contributed by atoms with Gasteiger partial charge in [-0.15, -0.1) is 0 Å². The van der Waals surface area contributed by atoms with Gasteiger partial charge >= 0.3 is 0 Å². The maximum Gasteiger partial charge on any atom is 0.139 e. The molecule has 0 bridgehead atoms. The minimum Gasteiger partial charge on any atom is -0.491 e. The van der Waals surface area contributed by atoms with Gasteiger partial charge in [-0.05, 0) is 32.0 Å². The Balaban J connectivity index is 1.71. The van der Waals surface area contributed by atoms with Crippen LogP contribution < -0.4 is 4.74 Å². The van der Waals surface area contributed by atoms with Crippen molar-refractivity contribution in [2.24, 2.45) is 0 Å². The zero-order valence-electron chi connectivity index (χ0n) is 11.1. The third-order valence-electron chi connectivity index (χ3n) is 3.16. The first-order chi connectivity index (χ1) is 9.15. The summed E-state index contributed by atoms with van der Waals surface area (Å²) in [6.45, 7) is 3.27. The van der Waals surface area contributed by atoms with E-state index in [0.717, 1.165) is 26.1 Å². The summed E-state index contributed by atoms with van der Waals surface area (Å²) in [7, 11) is 2.07. The average molecular weight is 304 g/mol. The molecule has 3 nitrogen and oxygen atoms in total. The number of hydrogen-bond acceptors (Lipinski definition) is 3. The normalized spacial score (nSPS) is 19.1. The smallest absolute Gasteiger partial charge is 0.139 e. The van der Waals surface area contributed by atoms with Gasteiger partial charge in [-0.25, -0.2) is 0 Å². The van der Waals surface area contributed by atoms with Gasteiger partial charge in [-0.3, -0.25) is 0 Å². The van der Waals surface area contributed by atoms with Crippen molar-refractivity contribution in [2.45, 2.75) is 18.9 Å². The second-order valence-corrected chi connectivity index (χ2v) is 5.66. The SMILES string of the molecule is CN(CCOc1cc(Cl)ccc1Cl)CC1CCCO1. The Morgan fingerprint density at radius 2 is 2.26 bits per heavy atom. The summed E-state index contributed by atoms with van der Waals surface area (Å²) in [6.07, 6.45) is 2.71. The molecule has 0 radical (unpaired) electrons. The van der Waals surface area contributed by atoms with E-state index in [1.165, 1.54) is 6.42 Å². The molecule has 1 aromatic carbocycles. The Labute approximate surface area is 124 Å². The van der Waals surface area contributed by atoms with E-state index in [1.807, 2.05) is 0 Å². The third kappa shape index (κ3) is 4.84. The lowest BCUT2D eigenvalue weighted by Gasteiger charge is -2.20. The summed E-state index contributed by atoms with van der Waals surface area (Å²) >= 11 is 11.9. The van der Waals surface area contributed by atoms with Gasteiger partial charge in [-0.2, -0.15) is 0 Å². The average Bonchev–Trinajstić information content (AvgIpc) is 2.86. The number of ether oxygens (including phenoxy) is 2. The Morgan fingerprint density at radius 3 is 3.00 bits per heavy atom. The fourth-order valence-electron chi connectivity index (χ4n) is 2.13. The Morgan fingerprint density at radius 1 is 1.42 bits per heavy atom. The van der Waals surface area contributed by atoms with Gasteiger partial charge in [0.15, 0.2) is 0 Å². The van der Waals surface area contributed by atoms with Gasteiger partial charge < -0.3 is 14.4 Å². The minimum atomic E-state index is 0.375. The monoisotopic (exact) mass is 303 g/mol. The number of nitrogens with zero attached hydrogens (tertiary/aromatic N) is 1. The largest absolute Gasteiger partial charge is 0.491 e. The molecule has 1 fully saturated rings.